The topological polar surface area (TPSA) is 32.7 Å². The fraction of sp³-hybridized carbons (Fsp3) is 1.00. The van der Waals surface area contributed by atoms with Gasteiger partial charge >= 0.3 is 0 Å². The van der Waals surface area contributed by atoms with Gasteiger partial charge in [0.15, 0.2) is 0 Å². The zero-order valence-corrected chi connectivity index (χ0v) is 8.33. The highest BCUT2D eigenvalue weighted by Crippen LogP contribution is 2.27. The van der Waals surface area contributed by atoms with Gasteiger partial charge in [-0.1, -0.05) is 6.92 Å². The van der Waals surface area contributed by atoms with Crippen molar-refractivity contribution in [2.45, 2.75) is 37.8 Å². The number of ether oxygens (including phenoxy) is 1. The van der Waals surface area contributed by atoms with Crippen molar-refractivity contribution in [3.05, 3.63) is 0 Å². The molecule has 0 bridgehead atoms. The van der Waals surface area contributed by atoms with Gasteiger partial charge in [0.2, 0.25) is 0 Å². The summed E-state index contributed by atoms with van der Waals surface area (Å²) in [7, 11) is 0. The van der Waals surface area contributed by atoms with Gasteiger partial charge in [0, 0.05) is 25.7 Å². The molecular formula is C10H19NO2. The number of likely N-dealkylation sites (tertiary alicyclic amines) is 1. The van der Waals surface area contributed by atoms with E-state index in [9.17, 15) is 5.11 Å². The third kappa shape index (κ3) is 1.87. The van der Waals surface area contributed by atoms with Gasteiger partial charge in [-0.2, -0.15) is 0 Å². The highest BCUT2D eigenvalue weighted by atomic mass is 16.5. The zero-order valence-electron chi connectivity index (χ0n) is 8.33. The zero-order chi connectivity index (χ0) is 9.31. The van der Waals surface area contributed by atoms with Crippen molar-refractivity contribution in [1.29, 1.82) is 0 Å². The van der Waals surface area contributed by atoms with Crippen molar-refractivity contribution in [2.24, 2.45) is 0 Å². The van der Waals surface area contributed by atoms with E-state index in [0.29, 0.717) is 6.04 Å². The van der Waals surface area contributed by atoms with Crippen molar-refractivity contribution < 1.29 is 9.84 Å². The normalized spacial score (nSPS) is 41.5. The second-order valence-electron chi connectivity index (χ2n) is 4.32. The van der Waals surface area contributed by atoms with Crippen LogP contribution < -0.4 is 0 Å². The van der Waals surface area contributed by atoms with E-state index in [1.807, 2.05) is 0 Å². The minimum Gasteiger partial charge on any atom is -0.389 e. The Balaban J connectivity index is 1.90. The molecule has 0 aromatic heterocycles. The maximum absolute atomic E-state index is 10.0. The van der Waals surface area contributed by atoms with Crippen LogP contribution in [0.15, 0.2) is 0 Å². The van der Waals surface area contributed by atoms with Crippen molar-refractivity contribution in [3.8, 4) is 0 Å². The third-order valence-corrected chi connectivity index (χ3v) is 3.44. The van der Waals surface area contributed by atoms with Crippen LogP contribution in [-0.2, 0) is 4.74 Å². The molecule has 0 amide bonds. The lowest BCUT2D eigenvalue weighted by Gasteiger charge is -2.25. The number of aliphatic hydroxyl groups is 1. The Hall–Kier alpha value is -0.120. The Labute approximate surface area is 79.7 Å². The van der Waals surface area contributed by atoms with Crippen LogP contribution in [-0.4, -0.2) is 48.0 Å². The molecule has 0 radical (unpaired) electrons. The summed E-state index contributed by atoms with van der Waals surface area (Å²) >= 11 is 0. The average Bonchev–Trinajstić information content (AvgIpc) is 2.73. The van der Waals surface area contributed by atoms with E-state index < -0.39 is 5.60 Å². The Morgan fingerprint density at radius 1 is 1.62 bits per heavy atom. The first-order valence-electron chi connectivity index (χ1n) is 5.28. The molecule has 0 aromatic rings. The molecule has 2 fully saturated rings. The fourth-order valence-electron chi connectivity index (χ4n) is 2.30. The molecular weight excluding hydrogens is 166 g/mol. The van der Waals surface area contributed by atoms with E-state index in [1.165, 1.54) is 0 Å². The molecule has 13 heavy (non-hydrogen) atoms. The van der Waals surface area contributed by atoms with Crippen molar-refractivity contribution in [1.82, 2.24) is 4.90 Å². The Kier molecular flexibility index (Phi) is 2.58. The van der Waals surface area contributed by atoms with Gasteiger partial charge in [-0.25, -0.2) is 0 Å². The van der Waals surface area contributed by atoms with Gasteiger partial charge in [0.25, 0.3) is 0 Å². The molecule has 0 saturated carbocycles. The van der Waals surface area contributed by atoms with Crippen LogP contribution in [0.5, 0.6) is 0 Å². The molecule has 0 spiro atoms. The SMILES string of the molecule is CCC1(O)CCN(C2CCOC2)C1. The van der Waals surface area contributed by atoms with Crippen LogP contribution in [0.4, 0.5) is 0 Å². The summed E-state index contributed by atoms with van der Waals surface area (Å²) in [6, 6.07) is 0.570. The molecule has 2 atom stereocenters. The molecule has 2 aliphatic heterocycles. The smallest absolute Gasteiger partial charge is 0.0783 e. The lowest BCUT2D eigenvalue weighted by atomic mass is 10.0. The molecule has 2 heterocycles. The monoisotopic (exact) mass is 185 g/mol. The van der Waals surface area contributed by atoms with Crippen LogP contribution in [0.25, 0.3) is 0 Å². The number of rotatable bonds is 2. The lowest BCUT2D eigenvalue weighted by Crippen LogP contribution is -2.38. The predicted molar refractivity (Wildman–Crippen MR) is 50.7 cm³/mol. The molecule has 1 N–H and O–H groups in total. The van der Waals surface area contributed by atoms with Crippen LogP contribution in [0.1, 0.15) is 26.2 Å². The quantitative estimate of drug-likeness (QED) is 0.684. The summed E-state index contributed by atoms with van der Waals surface area (Å²) < 4.78 is 5.35. The fourth-order valence-corrected chi connectivity index (χ4v) is 2.30. The first-order chi connectivity index (χ1) is 6.23. The van der Waals surface area contributed by atoms with E-state index in [2.05, 4.69) is 11.8 Å². The molecule has 2 rings (SSSR count). The molecule has 2 unspecified atom stereocenters. The summed E-state index contributed by atoms with van der Waals surface area (Å²) in [4.78, 5) is 2.39. The highest BCUT2D eigenvalue weighted by molar-refractivity contribution is 4.92. The molecule has 3 nitrogen and oxygen atoms in total. The van der Waals surface area contributed by atoms with Crippen LogP contribution in [0, 0.1) is 0 Å². The van der Waals surface area contributed by atoms with E-state index >= 15 is 0 Å². The lowest BCUT2D eigenvalue weighted by molar-refractivity contribution is 0.0389. The first kappa shape index (κ1) is 9.44. The second-order valence-corrected chi connectivity index (χ2v) is 4.32. The summed E-state index contributed by atoms with van der Waals surface area (Å²) in [5.41, 5.74) is -0.414. The van der Waals surface area contributed by atoms with Crippen molar-refractivity contribution in [3.63, 3.8) is 0 Å². The molecule has 3 heteroatoms. The van der Waals surface area contributed by atoms with Crippen LogP contribution in [0.2, 0.25) is 0 Å². The van der Waals surface area contributed by atoms with E-state index in [0.717, 1.165) is 45.6 Å². The number of hydrogen-bond acceptors (Lipinski definition) is 3. The molecule has 2 aliphatic rings. The van der Waals surface area contributed by atoms with Gasteiger partial charge in [0.1, 0.15) is 0 Å². The number of hydrogen-bond donors (Lipinski definition) is 1. The Bertz CT molecular complexity index is 180. The van der Waals surface area contributed by atoms with Crippen molar-refractivity contribution >= 4 is 0 Å². The largest absolute Gasteiger partial charge is 0.389 e. The number of β-amino-alcohol motifs (C(OH)–C–C–N with tert-alkyl or cyclic N) is 1. The molecule has 76 valence electrons. The average molecular weight is 185 g/mol. The Morgan fingerprint density at radius 3 is 3.00 bits per heavy atom. The van der Waals surface area contributed by atoms with Gasteiger partial charge in [-0.05, 0) is 19.3 Å². The van der Waals surface area contributed by atoms with Gasteiger partial charge in [-0.15, -0.1) is 0 Å². The van der Waals surface area contributed by atoms with Crippen LogP contribution >= 0.6 is 0 Å². The van der Waals surface area contributed by atoms with E-state index in [1.54, 1.807) is 0 Å². The molecule has 0 aliphatic carbocycles. The predicted octanol–water partition coefficient (Wildman–Crippen LogP) is 0.622. The molecule has 0 aromatic carbocycles. The summed E-state index contributed by atoms with van der Waals surface area (Å²) in [6.07, 6.45) is 2.94. The number of nitrogens with zero attached hydrogens (tertiary/aromatic N) is 1. The van der Waals surface area contributed by atoms with Crippen LogP contribution in [0.3, 0.4) is 0 Å². The summed E-state index contributed by atoms with van der Waals surface area (Å²) in [6.45, 7) is 5.70. The third-order valence-electron chi connectivity index (χ3n) is 3.44. The second kappa shape index (κ2) is 3.56. The van der Waals surface area contributed by atoms with Crippen molar-refractivity contribution in [2.75, 3.05) is 26.3 Å². The minimum atomic E-state index is -0.414. The maximum atomic E-state index is 10.0. The first-order valence-corrected chi connectivity index (χ1v) is 5.28. The summed E-state index contributed by atoms with van der Waals surface area (Å²) in [5.74, 6) is 0. The Morgan fingerprint density at radius 2 is 2.46 bits per heavy atom. The van der Waals surface area contributed by atoms with Gasteiger partial charge < -0.3 is 9.84 Å². The van der Waals surface area contributed by atoms with Gasteiger partial charge in [-0.3, -0.25) is 4.90 Å². The minimum absolute atomic E-state index is 0.414. The standard InChI is InChI=1S/C10H19NO2/c1-2-10(12)4-5-11(8-10)9-3-6-13-7-9/h9,12H,2-8H2,1H3. The maximum Gasteiger partial charge on any atom is 0.0783 e. The van der Waals surface area contributed by atoms with E-state index in [4.69, 9.17) is 4.74 Å². The van der Waals surface area contributed by atoms with E-state index in [-0.39, 0.29) is 0 Å². The highest BCUT2D eigenvalue weighted by Gasteiger charge is 2.38. The van der Waals surface area contributed by atoms with Gasteiger partial charge in [0.05, 0.1) is 12.2 Å². The molecule has 2 saturated heterocycles. The summed E-state index contributed by atoms with van der Waals surface area (Å²) in [5, 5.41) is 10.0.